The Morgan fingerprint density at radius 1 is 1.06 bits per heavy atom. The van der Waals surface area contributed by atoms with Gasteiger partial charge in [-0.25, -0.2) is 4.98 Å². The zero-order chi connectivity index (χ0) is 25.9. The number of hydrogen-bond donors (Lipinski definition) is 2. The van der Waals surface area contributed by atoms with E-state index >= 15 is 0 Å². The number of nitrogens with two attached hydrogens (primary N) is 1. The normalized spacial score (nSPS) is 18.1. The minimum Gasteiger partial charge on any atom is -0.485 e. The van der Waals surface area contributed by atoms with Crippen LogP contribution in [-0.2, 0) is 6.61 Å². The first-order valence-electron chi connectivity index (χ1n) is 11.5. The number of aromatic nitrogens is 1. The van der Waals surface area contributed by atoms with Crippen LogP contribution in [0.3, 0.4) is 0 Å². The van der Waals surface area contributed by atoms with Gasteiger partial charge in [-0.3, -0.25) is 4.79 Å². The molecular formula is C26H27F3N4O3. The number of pyridine rings is 1. The number of halogens is 3. The van der Waals surface area contributed by atoms with Crippen molar-refractivity contribution in [3.8, 4) is 22.6 Å². The first-order chi connectivity index (χ1) is 17.1. The Hall–Kier alpha value is -3.79. The molecule has 10 heteroatoms. The molecule has 4 rings (SSSR count). The Balaban J connectivity index is 1.42. The highest BCUT2D eigenvalue weighted by Crippen LogP contribution is 2.29. The molecule has 190 valence electrons. The fraction of sp³-hybridized carbons (Fsp3) is 0.308. The van der Waals surface area contributed by atoms with Crippen LogP contribution >= 0.6 is 0 Å². The van der Waals surface area contributed by atoms with Crippen molar-refractivity contribution in [2.75, 3.05) is 18.8 Å². The summed E-state index contributed by atoms with van der Waals surface area (Å²) in [5.74, 6) is 0.210. The van der Waals surface area contributed by atoms with E-state index in [1.807, 2.05) is 17.0 Å². The molecule has 1 fully saturated rings. The number of nitrogens with one attached hydrogen (secondary N) is 1. The lowest BCUT2D eigenvalue weighted by Crippen LogP contribution is -2.55. The smallest absolute Gasteiger partial charge is 0.485 e. The van der Waals surface area contributed by atoms with Crippen molar-refractivity contribution < 1.29 is 27.4 Å². The Kier molecular flexibility index (Phi) is 7.35. The van der Waals surface area contributed by atoms with Crippen LogP contribution in [0, 0.1) is 0 Å². The van der Waals surface area contributed by atoms with Gasteiger partial charge < -0.3 is 25.4 Å². The number of carbonyl (C=O) groups is 1. The highest BCUT2D eigenvalue weighted by molar-refractivity contribution is 5.95. The second-order valence-corrected chi connectivity index (χ2v) is 8.84. The molecule has 1 saturated heterocycles. The summed E-state index contributed by atoms with van der Waals surface area (Å²) in [6.07, 6.45) is -3.13. The molecule has 0 aliphatic carbocycles. The molecular weight excluding hydrogens is 473 g/mol. The van der Waals surface area contributed by atoms with E-state index in [-0.39, 0.29) is 36.2 Å². The molecule has 0 bridgehead atoms. The van der Waals surface area contributed by atoms with E-state index in [0.29, 0.717) is 30.0 Å². The lowest BCUT2D eigenvalue weighted by Gasteiger charge is -2.36. The zero-order valence-electron chi connectivity index (χ0n) is 19.9. The van der Waals surface area contributed by atoms with Crippen LogP contribution < -0.4 is 20.5 Å². The van der Waals surface area contributed by atoms with Gasteiger partial charge in [-0.2, -0.15) is 0 Å². The van der Waals surface area contributed by atoms with Crippen LogP contribution in [0.1, 0.15) is 29.8 Å². The topological polar surface area (TPSA) is 89.7 Å². The van der Waals surface area contributed by atoms with Gasteiger partial charge in [0.25, 0.3) is 5.91 Å². The molecule has 0 radical (unpaired) electrons. The number of alkyl halides is 3. The summed E-state index contributed by atoms with van der Waals surface area (Å²) < 4.78 is 46.6. The lowest BCUT2D eigenvalue weighted by molar-refractivity contribution is -0.274. The zero-order valence-corrected chi connectivity index (χ0v) is 19.9. The van der Waals surface area contributed by atoms with Crippen molar-refractivity contribution in [2.24, 2.45) is 0 Å². The van der Waals surface area contributed by atoms with E-state index < -0.39 is 6.36 Å². The minimum atomic E-state index is -4.74. The molecule has 1 aliphatic rings. The van der Waals surface area contributed by atoms with Gasteiger partial charge in [-0.1, -0.05) is 24.3 Å². The van der Waals surface area contributed by atoms with Crippen molar-refractivity contribution in [3.63, 3.8) is 0 Å². The number of ether oxygens (including phenoxy) is 2. The van der Waals surface area contributed by atoms with E-state index in [0.717, 1.165) is 11.1 Å². The first-order valence-corrected chi connectivity index (χ1v) is 11.5. The fourth-order valence-electron chi connectivity index (χ4n) is 4.16. The van der Waals surface area contributed by atoms with E-state index in [9.17, 15) is 18.0 Å². The van der Waals surface area contributed by atoms with Crippen molar-refractivity contribution >= 4 is 11.7 Å². The molecule has 1 amide bonds. The highest BCUT2D eigenvalue weighted by Gasteiger charge is 2.31. The van der Waals surface area contributed by atoms with Gasteiger partial charge in [-0.05, 0) is 55.3 Å². The molecule has 2 atom stereocenters. The summed E-state index contributed by atoms with van der Waals surface area (Å²) >= 11 is 0. The van der Waals surface area contributed by atoms with Crippen LogP contribution in [0.2, 0.25) is 0 Å². The van der Waals surface area contributed by atoms with Crippen LogP contribution in [-0.4, -0.2) is 47.3 Å². The fourth-order valence-corrected chi connectivity index (χ4v) is 4.16. The van der Waals surface area contributed by atoms with Gasteiger partial charge in [0.15, 0.2) is 11.6 Å². The molecule has 3 N–H and O–H groups in total. The third-order valence-electron chi connectivity index (χ3n) is 5.74. The maximum Gasteiger partial charge on any atom is 0.573 e. The van der Waals surface area contributed by atoms with E-state index in [4.69, 9.17) is 10.5 Å². The van der Waals surface area contributed by atoms with Crippen LogP contribution in [0.5, 0.6) is 11.5 Å². The predicted octanol–water partition coefficient (Wildman–Crippen LogP) is 4.63. The summed E-state index contributed by atoms with van der Waals surface area (Å²) in [6, 6.07) is 14.9. The number of amides is 1. The maximum atomic E-state index is 12.9. The average molecular weight is 501 g/mol. The second-order valence-electron chi connectivity index (χ2n) is 8.84. The number of nitrogens with zero attached hydrogens (tertiary/aromatic N) is 2. The molecule has 1 aliphatic heterocycles. The van der Waals surface area contributed by atoms with Crippen molar-refractivity contribution in [1.29, 1.82) is 0 Å². The third kappa shape index (κ3) is 6.45. The predicted molar refractivity (Wildman–Crippen MR) is 130 cm³/mol. The number of piperazine rings is 1. The second kappa shape index (κ2) is 10.4. The Bertz CT molecular complexity index is 1190. The Morgan fingerprint density at radius 3 is 2.31 bits per heavy atom. The molecule has 0 saturated carbocycles. The van der Waals surface area contributed by atoms with Crippen molar-refractivity contribution in [2.45, 2.75) is 38.9 Å². The van der Waals surface area contributed by atoms with E-state index in [1.165, 1.54) is 24.3 Å². The molecule has 36 heavy (non-hydrogen) atoms. The largest absolute Gasteiger partial charge is 0.573 e. The molecule has 0 spiro atoms. The monoisotopic (exact) mass is 500 g/mol. The number of benzene rings is 2. The van der Waals surface area contributed by atoms with Gasteiger partial charge in [0.1, 0.15) is 12.4 Å². The number of rotatable bonds is 6. The highest BCUT2D eigenvalue weighted by atomic mass is 19.4. The average Bonchev–Trinajstić information content (AvgIpc) is 2.82. The summed E-state index contributed by atoms with van der Waals surface area (Å²) in [5, 5.41) is 3.42. The van der Waals surface area contributed by atoms with Gasteiger partial charge in [0.05, 0.1) is 0 Å². The number of carbonyl (C=O) groups excluding carboxylic acids is 1. The summed E-state index contributed by atoms with van der Waals surface area (Å²) in [6.45, 7) is 5.52. The van der Waals surface area contributed by atoms with Crippen LogP contribution in [0.4, 0.5) is 19.0 Å². The summed E-state index contributed by atoms with van der Waals surface area (Å²) in [7, 11) is 0. The SMILES string of the molecule is CC1CN(C(=O)c2ccc(-c3cnc(N)c(OCc4ccc(OC(F)(F)F)cc4)c3)cc2)CC(C)N1. The summed E-state index contributed by atoms with van der Waals surface area (Å²) in [4.78, 5) is 19.0. The molecule has 3 aromatic rings. The van der Waals surface area contributed by atoms with Gasteiger partial charge >= 0.3 is 6.36 Å². The Morgan fingerprint density at radius 2 is 1.69 bits per heavy atom. The van der Waals surface area contributed by atoms with Crippen LogP contribution in [0.25, 0.3) is 11.1 Å². The maximum absolute atomic E-state index is 12.9. The first kappa shape index (κ1) is 25.3. The van der Waals surface area contributed by atoms with Gasteiger partial charge in [-0.15, -0.1) is 13.2 Å². The summed E-state index contributed by atoms with van der Waals surface area (Å²) in [5.41, 5.74) is 8.78. The van der Waals surface area contributed by atoms with Gasteiger partial charge in [0.2, 0.25) is 0 Å². The van der Waals surface area contributed by atoms with Gasteiger partial charge in [0, 0.05) is 42.5 Å². The quantitative estimate of drug-likeness (QED) is 0.513. The Labute approximate surface area is 207 Å². The lowest BCUT2D eigenvalue weighted by atomic mass is 10.0. The number of nitrogen functional groups attached to an aromatic ring is 1. The number of hydrogen-bond acceptors (Lipinski definition) is 6. The van der Waals surface area contributed by atoms with Crippen LogP contribution in [0.15, 0.2) is 60.8 Å². The number of anilines is 1. The van der Waals surface area contributed by atoms with E-state index in [2.05, 4.69) is 28.9 Å². The molecule has 2 unspecified atom stereocenters. The van der Waals surface area contributed by atoms with Crippen molar-refractivity contribution in [1.82, 2.24) is 15.2 Å². The third-order valence-corrected chi connectivity index (χ3v) is 5.74. The molecule has 2 aromatic carbocycles. The molecule has 7 nitrogen and oxygen atoms in total. The standard InChI is InChI=1S/C26H27F3N4O3/c1-16-13-33(14-17(2)32-16)25(34)20-7-5-19(6-8-20)21-11-23(24(30)31-12-21)35-15-18-3-9-22(10-4-18)36-26(27,28)29/h3-12,16-17,32H,13-15H2,1-2H3,(H2,30,31). The van der Waals surface area contributed by atoms with Crippen molar-refractivity contribution in [3.05, 3.63) is 71.9 Å². The minimum absolute atomic E-state index is 0.00662. The molecule has 1 aromatic heterocycles. The molecule has 2 heterocycles. The van der Waals surface area contributed by atoms with E-state index in [1.54, 1.807) is 24.4 Å².